The number of likely N-dealkylation sites (tertiary alicyclic amines) is 2. The zero-order valence-electron chi connectivity index (χ0n) is 17.1. The summed E-state index contributed by atoms with van der Waals surface area (Å²) in [6.45, 7) is 4.93. The highest BCUT2D eigenvalue weighted by atomic mass is 16.4. The lowest BCUT2D eigenvalue weighted by atomic mass is 9.94. The van der Waals surface area contributed by atoms with Gasteiger partial charge in [-0.1, -0.05) is 18.2 Å². The van der Waals surface area contributed by atoms with E-state index in [0.717, 1.165) is 44.3 Å². The highest BCUT2D eigenvalue weighted by Crippen LogP contribution is 2.24. The Morgan fingerprint density at radius 2 is 1.69 bits per heavy atom. The number of nitrogens with zero attached hydrogens (tertiary/aromatic N) is 3. The second-order valence-electron chi connectivity index (χ2n) is 8.11. The quantitative estimate of drug-likeness (QED) is 0.795. The maximum Gasteiger partial charge on any atom is 0.228 e. The Kier molecular flexibility index (Phi) is 5.97. The Bertz CT molecular complexity index is 848. The van der Waals surface area contributed by atoms with Crippen LogP contribution in [0.3, 0.4) is 0 Å². The number of rotatable bonds is 4. The van der Waals surface area contributed by atoms with Crippen molar-refractivity contribution in [1.82, 2.24) is 14.8 Å². The number of amides is 2. The van der Waals surface area contributed by atoms with Gasteiger partial charge in [-0.2, -0.15) is 0 Å². The summed E-state index contributed by atoms with van der Waals surface area (Å²) in [6, 6.07) is 9.72. The van der Waals surface area contributed by atoms with E-state index in [2.05, 4.69) is 4.98 Å². The van der Waals surface area contributed by atoms with E-state index in [9.17, 15) is 9.59 Å². The van der Waals surface area contributed by atoms with Gasteiger partial charge in [-0.05, 0) is 51.2 Å². The summed E-state index contributed by atoms with van der Waals surface area (Å²) < 4.78 is 5.77. The van der Waals surface area contributed by atoms with Crippen molar-refractivity contribution in [3.8, 4) is 11.5 Å². The Balaban J connectivity index is 1.32. The van der Waals surface area contributed by atoms with Gasteiger partial charge in [0.2, 0.25) is 17.7 Å². The van der Waals surface area contributed by atoms with E-state index >= 15 is 0 Å². The Morgan fingerprint density at radius 3 is 2.38 bits per heavy atom. The molecular weight excluding hydrogens is 366 g/mol. The van der Waals surface area contributed by atoms with Crippen LogP contribution in [0.1, 0.15) is 43.6 Å². The monoisotopic (exact) mass is 395 g/mol. The van der Waals surface area contributed by atoms with Crippen LogP contribution in [0.25, 0.3) is 11.5 Å². The third-order valence-corrected chi connectivity index (χ3v) is 6.10. The summed E-state index contributed by atoms with van der Waals surface area (Å²) in [5.41, 5.74) is 1.60. The SMILES string of the molecule is Cc1oc(-c2ccccc2)nc1CC(=O)N1CCC(C(=O)N2CCCCC2)CC1. The molecule has 3 heterocycles. The van der Waals surface area contributed by atoms with Crippen molar-refractivity contribution in [3.05, 3.63) is 41.8 Å². The molecule has 0 N–H and O–H groups in total. The molecule has 0 aliphatic carbocycles. The Labute approximate surface area is 171 Å². The molecular formula is C23H29N3O3. The molecule has 0 unspecified atom stereocenters. The number of oxazole rings is 1. The average molecular weight is 396 g/mol. The van der Waals surface area contributed by atoms with Gasteiger partial charge in [0.05, 0.1) is 12.1 Å². The molecule has 0 spiro atoms. The summed E-state index contributed by atoms with van der Waals surface area (Å²) in [5, 5.41) is 0. The zero-order valence-corrected chi connectivity index (χ0v) is 17.1. The van der Waals surface area contributed by atoms with Gasteiger partial charge >= 0.3 is 0 Å². The summed E-state index contributed by atoms with van der Waals surface area (Å²) in [4.78, 5) is 33.9. The Hall–Kier alpha value is -2.63. The molecule has 0 atom stereocenters. The number of piperidine rings is 2. The molecule has 4 rings (SSSR count). The van der Waals surface area contributed by atoms with E-state index in [4.69, 9.17) is 4.42 Å². The van der Waals surface area contributed by atoms with Crippen LogP contribution in [0.15, 0.2) is 34.7 Å². The molecule has 0 radical (unpaired) electrons. The van der Waals surface area contributed by atoms with Crippen LogP contribution in [0, 0.1) is 12.8 Å². The minimum atomic E-state index is 0.0601. The van der Waals surface area contributed by atoms with E-state index in [1.54, 1.807) is 0 Å². The molecule has 2 aliphatic rings. The largest absolute Gasteiger partial charge is 0.441 e. The van der Waals surface area contributed by atoms with Crippen molar-refractivity contribution >= 4 is 11.8 Å². The molecule has 2 aliphatic heterocycles. The fourth-order valence-corrected chi connectivity index (χ4v) is 4.30. The molecule has 6 nitrogen and oxygen atoms in total. The number of hydrogen-bond acceptors (Lipinski definition) is 4. The molecule has 2 saturated heterocycles. The predicted octanol–water partition coefficient (Wildman–Crippen LogP) is 3.44. The maximum absolute atomic E-state index is 12.8. The lowest BCUT2D eigenvalue weighted by molar-refractivity contribution is -0.141. The van der Waals surface area contributed by atoms with E-state index < -0.39 is 0 Å². The molecule has 1 aromatic carbocycles. The van der Waals surface area contributed by atoms with Crippen molar-refractivity contribution in [2.75, 3.05) is 26.2 Å². The van der Waals surface area contributed by atoms with Gasteiger partial charge in [0, 0.05) is 37.7 Å². The van der Waals surface area contributed by atoms with Gasteiger partial charge in [0.1, 0.15) is 5.76 Å². The van der Waals surface area contributed by atoms with E-state index in [0.29, 0.717) is 30.4 Å². The first-order chi connectivity index (χ1) is 14.1. The lowest BCUT2D eigenvalue weighted by Gasteiger charge is -2.35. The number of aromatic nitrogens is 1. The zero-order chi connectivity index (χ0) is 20.2. The van der Waals surface area contributed by atoms with Gasteiger partial charge in [0.25, 0.3) is 0 Å². The molecule has 154 valence electrons. The van der Waals surface area contributed by atoms with E-state index in [1.165, 1.54) is 6.42 Å². The van der Waals surface area contributed by atoms with Gasteiger partial charge in [-0.3, -0.25) is 9.59 Å². The average Bonchev–Trinajstić information content (AvgIpc) is 3.14. The van der Waals surface area contributed by atoms with Crippen LogP contribution in [0.5, 0.6) is 0 Å². The predicted molar refractivity (Wildman–Crippen MR) is 110 cm³/mol. The van der Waals surface area contributed by atoms with Gasteiger partial charge in [0.15, 0.2) is 0 Å². The van der Waals surface area contributed by atoms with Crippen molar-refractivity contribution in [3.63, 3.8) is 0 Å². The second kappa shape index (κ2) is 8.80. The fraction of sp³-hybridized carbons (Fsp3) is 0.522. The lowest BCUT2D eigenvalue weighted by Crippen LogP contribution is -2.46. The minimum absolute atomic E-state index is 0.0601. The second-order valence-corrected chi connectivity index (χ2v) is 8.11. The third kappa shape index (κ3) is 4.52. The standard InChI is InChI=1S/C23H29N3O3/c1-17-20(24-22(29-17)18-8-4-2-5-9-18)16-21(27)25-14-10-19(11-15-25)23(28)26-12-6-3-7-13-26/h2,4-5,8-9,19H,3,6-7,10-16H2,1H3. The molecule has 2 amide bonds. The highest BCUT2D eigenvalue weighted by molar-refractivity contribution is 5.81. The first kappa shape index (κ1) is 19.7. The third-order valence-electron chi connectivity index (χ3n) is 6.10. The highest BCUT2D eigenvalue weighted by Gasteiger charge is 2.31. The van der Waals surface area contributed by atoms with Crippen LogP contribution in [-0.2, 0) is 16.0 Å². The van der Waals surface area contributed by atoms with Gasteiger partial charge in [-0.15, -0.1) is 0 Å². The molecule has 0 bridgehead atoms. The van der Waals surface area contributed by atoms with Gasteiger partial charge < -0.3 is 14.2 Å². The van der Waals surface area contributed by atoms with Crippen molar-refractivity contribution in [2.24, 2.45) is 5.92 Å². The van der Waals surface area contributed by atoms with Crippen LogP contribution < -0.4 is 0 Å². The number of carbonyl (C=O) groups is 2. The molecule has 29 heavy (non-hydrogen) atoms. The Morgan fingerprint density at radius 1 is 1.00 bits per heavy atom. The fourth-order valence-electron chi connectivity index (χ4n) is 4.30. The summed E-state index contributed by atoms with van der Waals surface area (Å²) in [7, 11) is 0. The minimum Gasteiger partial charge on any atom is -0.441 e. The number of hydrogen-bond donors (Lipinski definition) is 0. The maximum atomic E-state index is 12.8. The summed E-state index contributed by atoms with van der Waals surface area (Å²) >= 11 is 0. The van der Waals surface area contributed by atoms with Crippen molar-refractivity contribution in [2.45, 2.75) is 45.4 Å². The van der Waals surface area contributed by atoms with Crippen LogP contribution in [0.4, 0.5) is 0 Å². The van der Waals surface area contributed by atoms with Crippen LogP contribution in [-0.4, -0.2) is 52.8 Å². The van der Waals surface area contributed by atoms with Gasteiger partial charge in [-0.25, -0.2) is 4.98 Å². The number of carbonyl (C=O) groups excluding carboxylic acids is 2. The molecule has 2 aromatic rings. The topological polar surface area (TPSA) is 66.7 Å². The van der Waals surface area contributed by atoms with E-state index in [-0.39, 0.29) is 24.2 Å². The smallest absolute Gasteiger partial charge is 0.228 e. The van der Waals surface area contributed by atoms with Crippen LogP contribution >= 0.6 is 0 Å². The molecule has 1 aromatic heterocycles. The molecule has 0 saturated carbocycles. The molecule has 2 fully saturated rings. The van der Waals surface area contributed by atoms with Crippen molar-refractivity contribution < 1.29 is 14.0 Å². The molecule has 6 heteroatoms. The first-order valence-corrected chi connectivity index (χ1v) is 10.7. The van der Waals surface area contributed by atoms with Crippen molar-refractivity contribution in [1.29, 1.82) is 0 Å². The number of aryl methyl sites for hydroxylation is 1. The summed E-state index contributed by atoms with van der Waals surface area (Å²) in [5.74, 6) is 1.65. The normalized spacial score (nSPS) is 18.1. The van der Waals surface area contributed by atoms with E-state index in [1.807, 2.05) is 47.1 Å². The van der Waals surface area contributed by atoms with Crippen LogP contribution in [0.2, 0.25) is 0 Å². The number of benzene rings is 1. The summed E-state index contributed by atoms with van der Waals surface area (Å²) in [6.07, 6.45) is 5.22. The first-order valence-electron chi connectivity index (χ1n) is 10.7.